The van der Waals surface area contributed by atoms with Crippen LogP contribution in [0.15, 0.2) is 60.7 Å². The number of ether oxygens (including phenoxy) is 2. The third-order valence-corrected chi connectivity index (χ3v) is 7.21. The maximum atomic E-state index is 13.8. The van der Waals surface area contributed by atoms with Crippen LogP contribution in [0, 0.1) is 0 Å². The number of hydrogen-bond donors (Lipinski definition) is 1. The number of nitrogens with one attached hydrogen (secondary N) is 1. The molecule has 6 heteroatoms. The number of fused-ring (bicyclic) bond motifs is 4. The van der Waals surface area contributed by atoms with Crippen molar-refractivity contribution in [3.05, 3.63) is 94.0 Å². The Morgan fingerprint density at radius 3 is 2.37 bits per heavy atom. The maximum absolute atomic E-state index is 13.8. The summed E-state index contributed by atoms with van der Waals surface area (Å²) in [7, 11) is 3.21. The van der Waals surface area contributed by atoms with Crippen molar-refractivity contribution in [2.45, 2.75) is 38.3 Å². The van der Waals surface area contributed by atoms with Crippen LogP contribution >= 0.6 is 0 Å². The van der Waals surface area contributed by atoms with Crippen molar-refractivity contribution in [3.63, 3.8) is 0 Å². The Hall–Kier alpha value is -3.80. The van der Waals surface area contributed by atoms with Gasteiger partial charge in [0.2, 0.25) is 5.91 Å². The monoisotopic (exact) mass is 470 g/mol. The highest BCUT2D eigenvalue weighted by molar-refractivity contribution is 6.01. The molecule has 0 spiro atoms. The van der Waals surface area contributed by atoms with E-state index in [0.717, 1.165) is 28.7 Å². The number of hydrogen-bond acceptors (Lipinski definition) is 4. The highest BCUT2D eigenvalue weighted by Crippen LogP contribution is 2.48. The van der Waals surface area contributed by atoms with Gasteiger partial charge in [-0.15, -0.1) is 0 Å². The summed E-state index contributed by atoms with van der Waals surface area (Å²) in [6.45, 7) is 3.10. The molecule has 0 bridgehead atoms. The molecule has 35 heavy (non-hydrogen) atoms. The molecule has 3 aromatic carbocycles. The number of rotatable bonds is 6. The van der Waals surface area contributed by atoms with E-state index in [2.05, 4.69) is 36.5 Å². The predicted octanol–water partition coefficient (Wildman–Crippen LogP) is 4.42. The Balaban J connectivity index is 1.55. The zero-order chi connectivity index (χ0) is 24.5. The minimum absolute atomic E-state index is 0.0368. The number of aryl methyl sites for hydroxylation is 1. The smallest absolute Gasteiger partial charge is 0.254 e. The van der Waals surface area contributed by atoms with Crippen LogP contribution in [0.4, 0.5) is 0 Å². The molecule has 5 rings (SSSR count). The summed E-state index contributed by atoms with van der Waals surface area (Å²) in [6, 6.07) is 19.2. The van der Waals surface area contributed by atoms with Gasteiger partial charge in [-0.2, -0.15) is 0 Å². The van der Waals surface area contributed by atoms with Crippen LogP contribution in [0.2, 0.25) is 0 Å². The van der Waals surface area contributed by atoms with E-state index < -0.39 is 12.0 Å². The fourth-order valence-corrected chi connectivity index (χ4v) is 5.33. The van der Waals surface area contributed by atoms with Crippen LogP contribution in [0.5, 0.6) is 11.5 Å². The van der Waals surface area contributed by atoms with E-state index in [9.17, 15) is 9.59 Å². The second kappa shape index (κ2) is 9.45. The van der Waals surface area contributed by atoms with E-state index in [-0.39, 0.29) is 11.8 Å². The fourth-order valence-electron chi connectivity index (χ4n) is 5.33. The number of benzene rings is 3. The number of methoxy groups -OCH3 is 2. The van der Waals surface area contributed by atoms with Crippen LogP contribution in [0.25, 0.3) is 0 Å². The Bertz CT molecular complexity index is 1270. The second-order valence-electron chi connectivity index (χ2n) is 9.05. The molecule has 0 aromatic heterocycles. The largest absolute Gasteiger partial charge is 0.493 e. The molecule has 2 aliphatic heterocycles. The normalized spacial score (nSPS) is 18.3. The molecular weight excluding hydrogens is 440 g/mol. The maximum Gasteiger partial charge on any atom is 0.254 e. The van der Waals surface area contributed by atoms with E-state index in [4.69, 9.17) is 9.47 Å². The number of carbonyl (C=O) groups is 2. The quantitative estimate of drug-likeness (QED) is 0.579. The molecule has 0 radical (unpaired) electrons. The average Bonchev–Trinajstić information content (AvgIpc) is 2.91. The lowest BCUT2D eigenvalue weighted by atomic mass is 9.75. The number of amides is 2. The number of nitrogens with zero attached hydrogens (tertiary/aromatic N) is 1. The summed E-state index contributed by atoms with van der Waals surface area (Å²) in [4.78, 5) is 29.1. The van der Waals surface area contributed by atoms with Gasteiger partial charge in [0.25, 0.3) is 5.91 Å². The summed E-state index contributed by atoms with van der Waals surface area (Å²) in [6.07, 6.45) is 1.67. The van der Waals surface area contributed by atoms with Crippen molar-refractivity contribution in [2.75, 3.05) is 20.8 Å². The van der Waals surface area contributed by atoms with Crippen LogP contribution < -0.4 is 14.8 Å². The zero-order valence-corrected chi connectivity index (χ0v) is 20.3. The second-order valence-corrected chi connectivity index (χ2v) is 9.05. The fraction of sp³-hybridized carbons (Fsp3) is 0.310. The van der Waals surface area contributed by atoms with Gasteiger partial charge in [-0.25, -0.2) is 0 Å². The van der Waals surface area contributed by atoms with Crippen LogP contribution in [0.3, 0.4) is 0 Å². The molecule has 2 atom stereocenters. The Morgan fingerprint density at radius 2 is 1.66 bits per heavy atom. The lowest BCUT2D eigenvalue weighted by molar-refractivity contribution is -0.124. The molecule has 0 unspecified atom stereocenters. The molecule has 1 N–H and O–H groups in total. The van der Waals surface area contributed by atoms with Gasteiger partial charge in [0.1, 0.15) is 0 Å². The molecule has 0 aliphatic carbocycles. The standard InChI is InChI=1S/C29H30N2O4/c1-4-18-9-11-19(12-10-18)17-30-28(32)26-21-7-5-6-8-22(21)29(33)31-14-13-20-15-24(34-2)25(35-3)16-23(20)27(26)31/h5-12,15-16,26-27H,4,13-14,17H2,1-3H3,(H,30,32)/t26-,27-/m1/s1. The first-order chi connectivity index (χ1) is 17.0. The van der Waals surface area contributed by atoms with E-state index >= 15 is 0 Å². The van der Waals surface area contributed by atoms with Gasteiger partial charge in [0.05, 0.1) is 26.2 Å². The van der Waals surface area contributed by atoms with Crippen LogP contribution in [-0.2, 0) is 24.2 Å². The molecule has 3 aromatic rings. The van der Waals surface area contributed by atoms with Crippen molar-refractivity contribution in [3.8, 4) is 11.5 Å². The SMILES string of the molecule is CCc1ccc(CNC(=O)[C@@H]2c3ccccc3C(=O)N3CCc4cc(OC)c(OC)cc4[C@H]23)cc1. The highest BCUT2D eigenvalue weighted by Gasteiger charge is 2.46. The van der Waals surface area contributed by atoms with Crippen molar-refractivity contribution >= 4 is 11.8 Å². The van der Waals surface area contributed by atoms with Crippen molar-refractivity contribution in [2.24, 2.45) is 0 Å². The first kappa shape index (κ1) is 23.0. The van der Waals surface area contributed by atoms with E-state index in [0.29, 0.717) is 36.6 Å². The molecule has 6 nitrogen and oxygen atoms in total. The summed E-state index contributed by atoms with van der Waals surface area (Å²) in [5.41, 5.74) is 5.68. The van der Waals surface area contributed by atoms with E-state index in [1.165, 1.54) is 5.56 Å². The molecule has 2 heterocycles. The van der Waals surface area contributed by atoms with Gasteiger partial charge in [-0.1, -0.05) is 49.4 Å². The molecule has 0 saturated carbocycles. The van der Waals surface area contributed by atoms with Gasteiger partial charge >= 0.3 is 0 Å². The van der Waals surface area contributed by atoms with E-state index in [1.54, 1.807) is 14.2 Å². The molecule has 0 fully saturated rings. The van der Waals surface area contributed by atoms with Crippen LogP contribution in [-0.4, -0.2) is 37.5 Å². The lowest BCUT2D eigenvalue weighted by Gasteiger charge is -2.45. The molecular formula is C29H30N2O4. The Morgan fingerprint density at radius 1 is 0.971 bits per heavy atom. The van der Waals surface area contributed by atoms with Gasteiger partial charge in [0.15, 0.2) is 11.5 Å². The molecule has 2 aliphatic rings. The highest BCUT2D eigenvalue weighted by atomic mass is 16.5. The molecule has 180 valence electrons. The summed E-state index contributed by atoms with van der Waals surface area (Å²) in [5, 5.41) is 3.14. The summed E-state index contributed by atoms with van der Waals surface area (Å²) >= 11 is 0. The topological polar surface area (TPSA) is 67.9 Å². The zero-order valence-electron chi connectivity index (χ0n) is 20.3. The third kappa shape index (κ3) is 4.03. The third-order valence-electron chi connectivity index (χ3n) is 7.21. The molecule has 0 saturated heterocycles. The minimum Gasteiger partial charge on any atom is -0.493 e. The van der Waals surface area contributed by atoms with Gasteiger partial charge in [-0.3, -0.25) is 9.59 Å². The Kier molecular flexibility index (Phi) is 6.20. The molecule has 2 amide bonds. The predicted molar refractivity (Wildman–Crippen MR) is 134 cm³/mol. The van der Waals surface area contributed by atoms with Crippen molar-refractivity contribution in [1.29, 1.82) is 0 Å². The first-order valence-corrected chi connectivity index (χ1v) is 12.1. The Labute approximate surface area is 205 Å². The van der Waals surface area contributed by atoms with Crippen molar-refractivity contribution < 1.29 is 19.1 Å². The average molecular weight is 471 g/mol. The summed E-state index contributed by atoms with van der Waals surface area (Å²) < 4.78 is 11.1. The van der Waals surface area contributed by atoms with Gasteiger partial charge in [-0.05, 0) is 58.9 Å². The van der Waals surface area contributed by atoms with E-state index in [1.807, 2.05) is 41.3 Å². The first-order valence-electron chi connectivity index (χ1n) is 12.1. The van der Waals surface area contributed by atoms with Crippen LogP contribution in [0.1, 0.15) is 57.1 Å². The van der Waals surface area contributed by atoms with Gasteiger partial charge < -0.3 is 19.7 Å². The summed E-state index contributed by atoms with van der Waals surface area (Å²) in [5.74, 6) is 0.580. The van der Waals surface area contributed by atoms with Gasteiger partial charge in [0, 0.05) is 18.7 Å². The lowest BCUT2D eigenvalue weighted by Crippen LogP contribution is -2.50. The minimum atomic E-state index is -0.532. The van der Waals surface area contributed by atoms with Crippen molar-refractivity contribution in [1.82, 2.24) is 10.2 Å². The number of carbonyl (C=O) groups excluding carboxylic acids is 2.